The van der Waals surface area contributed by atoms with Crippen molar-refractivity contribution in [3.63, 3.8) is 0 Å². The minimum atomic E-state index is -0.927. The van der Waals surface area contributed by atoms with E-state index >= 15 is 0 Å². The molecule has 18 nitrogen and oxygen atoms in total. The molecule has 0 aliphatic carbocycles. The van der Waals surface area contributed by atoms with Crippen LogP contribution >= 0.6 is 0 Å². The zero-order chi connectivity index (χ0) is 41.1. The number of H-pyrrole nitrogens is 2. The molecule has 6 atom stereocenters. The van der Waals surface area contributed by atoms with Crippen molar-refractivity contribution in [2.45, 2.75) is 75.9 Å². The van der Waals surface area contributed by atoms with Crippen molar-refractivity contribution in [1.29, 1.82) is 0 Å². The Labute approximate surface area is 334 Å². The summed E-state index contributed by atoms with van der Waals surface area (Å²) >= 11 is 0. The molecule has 7 rings (SSSR count). The zero-order valence-corrected chi connectivity index (χ0v) is 33.2. The average molecular weight is 801 g/mol. The topological polar surface area (TPSA) is 212 Å². The lowest BCUT2D eigenvalue weighted by atomic mass is 10.1. The number of imidazole rings is 2. The van der Waals surface area contributed by atoms with Crippen molar-refractivity contribution in [3.8, 4) is 45.5 Å². The van der Waals surface area contributed by atoms with E-state index in [4.69, 9.17) is 28.4 Å². The highest BCUT2D eigenvalue weighted by molar-refractivity contribution is 5.87. The highest BCUT2D eigenvalue weighted by Crippen LogP contribution is 2.48. The molecule has 4 amide bonds. The molecular weight excluding hydrogens is 752 g/mol. The molecule has 0 radical (unpaired) electrons. The van der Waals surface area contributed by atoms with Gasteiger partial charge in [0.15, 0.2) is 23.0 Å². The van der Waals surface area contributed by atoms with E-state index in [0.717, 1.165) is 35.4 Å². The van der Waals surface area contributed by atoms with Gasteiger partial charge in [0.1, 0.15) is 23.7 Å². The first-order chi connectivity index (χ1) is 28.0. The number of benzene rings is 2. The number of ether oxygens (including phenoxy) is 6. The van der Waals surface area contributed by atoms with Crippen LogP contribution in [-0.2, 0) is 28.5 Å². The quantitative estimate of drug-likeness (QED) is 0.128. The molecule has 58 heavy (non-hydrogen) atoms. The summed E-state index contributed by atoms with van der Waals surface area (Å²) in [5.41, 5.74) is 3.09. The lowest BCUT2D eigenvalue weighted by molar-refractivity contribution is -0.138. The van der Waals surface area contributed by atoms with Crippen molar-refractivity contribution in [1.82, 2.24) is 40.4 Å². The number of likely N-dealkylation sites (tertiary alicyclic amines) is 2. The Morgan fingerprint density at radius 2 is 1.09 bits per heavy atom. The van der Waals surface area contributed by atoms with Gasteiger partial charge in [-0.15, -0.1) is 0 Å². The molecule has 2 aromatic heterocycles. The monoisotopic (exact) mass is 800 g/mol. The van der Waals surface area contributed by atoms with Crippen molar-refractivity contribution >= 4 is 24.0 Å². The van der Waals surface area contributed by atoms with Crippen LogP contribution in [-0.4, -0.2) is 120 Å². The summed E-state index contributed by atoms with van der Waals surface area (Å²) in [7, 11) is 5.46. The predicted molar refractivity (Wildman–Crippen MR) is 207 cm³/mol. The second kappa shape index (κ2) is 17.2. The molecule has 0 bridgehead atoms. The van der Waals surface area contributed by atoms with Crippen LogP contribution in [0, 0.1) is 0 Å². The molecule has 4 aromatic rings. The number of rotatable bonds is 12. The lowest BCUT2D eigenvalue weighted by Gasteiger charge is -2.30. The first-order valence-electron chi connectivity index (χ1n) is 19.1. The number of alkyl carbamates (subject to hydrolysis) is 2. The number of hydrogen-bond acceptors (Lipinski definition) is 12. The van der Waals surface area contributed by atoms with Crippen LogP contribution in [0.5, 0.6) is 23.0 Å². The average Bonchev–Trinajstić information content (AvgIpc) is 4.09. The molecule has 18 heteroatoms. The zero-order valence-electron chi connectivity index (χ0n) is 33.2. The number of amides is 4. The Balaban J connectivity index is 1.03. The Bertz CT molecular complexity index is 2000. The lowest BCUT2D eigenvalue weighted by Crippen LogP contribution is -2.54. The number of methoxy groups -OCH3 is 4. The Morgan fingerprint density at radius 1 is 0.672 bits per heavy atom. The van der Waals surface area contributed by atoms with Crippen molar-refractivity contribution < 1.29 is 47.6 Å². The number of aromatic amines is 2. The first kappa shape index (κ1) is 40.1. The summed E-state index contributed by atoms with van der Waals surface area (Å²) in [5, 5.41) is 5.22. The molecular formula is C40H48N8O10. The van der Waals surface area contributed by atoms with Crippen molar-refractivity contribution in [3.05, 3.63) is 60.4 Å². The third-order valence-electron chi connectivity index (χ3n) is 11.0. The number of aromatic nitrogens is 4. The maximum absolute atomic E-state index is 13.7. The molecule has 308 valence electrons. The smallest absolute Gasteiger partial charge is 0.407 e. The van der Waals surface area contributed by atoms with E-state index in [1.54, 1.807) is 36.0 Å². The van der Waals surface area contributed by atoms with Crippen LogP contribution in [0.2, 0.25) is 0 Å². The minimum Gasteiger partial charge on any atom is -0.453 e. The van der Waals surface area contributed by atoms with Crippen molar-refractivity contribution in [2.75, 3.05) is 41.5 Å². The van der Waals surface area contributed by atoms with Crippen LogP contribution < -0.4 is 20.1 Å². The van der Waals surface area contributed by atoms with Crippen molar-refractivity contribution in [2.24, 2.45) is 0 Å². The number of carbonyl (C=O) groups excluding carboxylic acids is 4. The second-order valence-corrected chi connectivity index (χ2v) is 14.4. The van der Waals surface area contributed by atoms with E-state index in [1.165, 1.54) is 28.4 Å². The Hall–Kier alpha value is -6.14. The highest BCUT2D eigenvalue weighted by atomic mass is 16.6. The van der Waals surface area contributed by atoms with Gasteiger partial charge in [0.2, 0.25) is 11.8 Å². The fourth-order valence-corrected chi connectivity index (χ4v) is 7.61. The number of nitrogens with zero attached hydrogens (tertiary/aromatic N) is 4. The predicted octanol–water partition coefficient (Wildman–Crippen LogP) is 5.21. The van der Waals surface area contributed by atoms with Crippen LogP contribution in [0.3, 0.4) is 0 Å². The number of carbonyl (C=O) groups is 4. The number of hydrogen-bond donors (Lipinski definition) is 4. The summed E-state index contributed by atoms with van der Waals surface area (Å²) in [6.45, 7) is 4.45. The van der Waals surface area contributed by atoms with Gasteiger partial charge in [-0.05, 0) is 75.9 Å². The summed E-state index contributed by atoms with van der Waals surface area (Å²) in [6, 6.07) is 8.70. The highest BCUT2D eigenvalue weighted by Gasteiger charge is 2.40. The fraction of sp³-hybridized carbons (Fsp3) is 0.450. The molecule has 2 aromatic carbocycles. The Kier molecular flexibility index (Phi) is 11.8. The molecule has 5 heterocycles. The maximum Gasteiger partial charge on any atom is 0.407 e. The van der Waals surface area contributed by atoms with Gasteiger partial charge in [-0.2, -0.15) is 0 Å². The third kappa shape index (κ3) is 8.02. The normalized spacial score (nSPS) is 19.1. The van der Waals surface area contributed by atoms with Gasteiger partial charge in [0.25, 0.3) is 0 Å². The molecule has 2 saturated heterocycles. The van der Waals surface area contributed by atoms with Crippen LogP contribution in [0.15, 0.2) is 48.8 Å². The molecule has 0 saturated carbocycles. The van der Waals surface area contributed by atoms with Gasteiger partial charge in [-0.3, -0.25) is 9.59 Å². The summed E-state index contributed by atoms with van der Waals surface area (Å²) in [6.07, 6.45) is 3.82. The van der Waals surface area contributed by atoms with Gasteiger partial charge in [-0.1, -0.05) is 0 Å². The summed E-state index contributed by atoms with van der Waals surface area (Å²) in [4.78, 5) is 70.9. The van der Waals surface area contributed by atoms with E-state index in [2.05, 4.69) is 30.6 Å². The number of nitrogens with one attached hydrogen (secondary N) is 4. The third-order valence-corrected chi connectivity index (χ3v) is 11.0. The molecule has 0 unspecified atom stereocenters. The standard InChI is InChI=1S/C40H48N8O10/c1-21(53-3)33(45-39(51)55-5)37(49)47-15-7-9-27(47)35-41-19-25(43-35)23-11-13-29-31(17-23)57-30-14-12-24(18-32(30)58-29)26-20-42-36(44-26)28-10-8-16-48(28)38(50)34(22(2)54-4)46-40(52)56-6/h11-14,17-22,27-28,33-34H,7-10,15-16H2,1-6H3,(H,41,43)(H,42,44)(H,45,51)(H,46,52)/t21-,22-,27+,28+,33+,34+/m1/s1. The van der Waals surface area contributed by atoms with E-state index in [-0.39, 0.29) is 23.9 Å². The maximum atomic E-state index is 13.7. The minimum absolute atomic E-state index is 0.279. The van der Waals surface area contributed by atoms with E-state index in [1.807, 2.05) is 36.4 Å². The SMILES string of the molecule is COC(=O)N[C@H](C(=O)N1CCC[C@H]1c1ncc(-c2ccc3c(c2)Oc2ccc(-c4cnc([C@@H]5CCCN5C(=O)[C@@H](NC(=O)OC)[C@@H](C)OC)[nH]4)cc2O3)[nH]1)[C@@H](C)OC. The summed E-state index contributed by atoms with van der Waals surface area (Å²) < 4.78 is 32.9. The Morgan fingerprint density at radius 3 is 1.47 bits per heavy atom. The van der Waals surface area contributed by atoms with Gasteiger partial charge in [-0.25, -0.2) is 19.6 Å². The van der Waals surface area contributed by atoms with E-state index < -0.39 is 36.5 Å². The van der Waals surface area contributed by atoms with Gasteiger partial charge >= 0.3 is 12.2 Å². The molecule has 3 aliphatic rings. The second-order valence-electron chi connectivity index (χ2n) is 14.4. The fourth-order valence-electron chi connectivity index (χ4n) is 7.61. The molecule has 0 spiro atoms. The molecule has 3 aliphatic heterocycles. The van der Waals surface area contributed by atoms with Crippen LogP contribution in [0.1, 0.15) is 63.3 Å². The molecule has 4 N–H and O–H groups in total. The van der Waals surface area contributed by atoms with E-state index in [0.29, 0.717) is 60.6 Å². The van der Waals surface area contributed by atoms with Gasteiger partial charge < -0.3 is 58.8 Å². The van der Waals surface area contributed by atoms with Crippen LogP contribution in [0.25, 0.3) is 22.5 Å². The van der Waals surface area contributed by atoms with Gasteiger partial charge in [0, 0.05) is 38.4 Å². The largest absolute Gasteiger partial charge is 0.453 e. The van der Waals surface area contributed by atoms with Crippen LogP contribution in [0.4, 0.5) is 9.59 Å². The summed E-state index contributed by atoms with van der Waals surface area (Å²) in [5.74, 6) is 2.81. The number of fused-ring (bicyclic) bond motifs is 2. The van der Waals surface area contributed by atoms with E-state index in [9.17, 15) is 19.2 Å². The first-order valence-corrected chi connectivity index (χ1v) is 19.1. The molecule has 2 fully saturated rings. The van der Waals surface area contributed by atoms with Gasteiger partial charge in [0.05, 0.1) is 62.3 Å².